The van der Waals surface area contributed by atoms with E-state index in [0.29, 0.717) is 6.54 Å². The van der Waals surface area contributed by atoms with Gasteiger partial charge in [0.1, 0.15) is 11.5 Å². The molecule has 1 atom stereocenters. The first kappa shape index (κ1) is 23.8. The summed E-state index contributed by atoms with van der Waals surface area (Å²) >= 11 is 0. The van der Waals surface area contributed by atoms with Gasteiger partial charge in [0.15, 0.2) is 0 Å². The molecule has 6 rings (SSSR count). The number of pyridine rings is 1. The second-order valence-corrected chi connectivity index (χ2v) is 9.73. The molecule has 3 heterocycles. The molecule has 6 aromatic rings. The van der Waals surface area contributed by atoms with Crippen LogP contribution in [0.3, 0.4) is 0 Å². The average molecular weight is 504 g/mol. The summed E-state index contributed by atoms with van der Waals surface area (Å²) in [5.74, 6) is 1.61. The number of aryl methyl sites for hydroxylation is 2. The van der Waals surface area contributed by atoms with Crippen LogP contribution in [0.15, 0.2) is 94.2 Å². The van der Waals surface area contributed by atoms with E-state index in [1.54, 1.807) is 13.2 Å². The van der Waals surface area contributed by atoms with Crippen molar-refractivity contribution in [1.29, 1.82) is 0 Å². The molecule has 0 bridgehead atoms. The minimum atomic E-state index is -0.130. The standard InChI is InChI=1S/C32H29N3O3/c1-20-31(22(3)38-33-20)25-12-15-27-29(18-25)34(19-23-10-13-26(37-4)14-11-23)28-16-17-30(36)35(32(27)28)21(2)24-8-6-5-7-9-24/h5-18,21H,19H2,1-4H3. The molecule has 0 aliphatic heterocycles. The van der Waals surface area contributed by atoms with Gasteiger partial charge in [-0.1, -0.05) is 59.8 Å². The largest absolute Gasteiger partial charge is 0.497 e. The molecule has 3 aromatic carbocycles. The molecule has 0 saturated carbocycles. The van der Waals surface area contributed by atoms with Crippen molar-refractivity contribution in [3.05, 3.63) is 118 Å². The van der Waals surface area contributed by atoms with E-state index in [-0.39, 0.29) is 11.6 Å². The number of fused-ring (bicyclic) bond motifs is 3. The molecule has 0 spiro atoms. The molecular formula is C32H29N3O3. The molecule has 0 radical (unpaired) electrons. The highest BCUT2D eigenvalue weighted by Gasteiger charge is 2.21. The first-order valence-corrected chi connectivity index (χ1v) is 12.7. The van der Waals surface area contributed by atoms with Gasteiger partial charge in [-0.3, -0.25) is 9.36 Å². The van der Waals surface area contributed by atoms with Gasteiger partial charge >= 0.3 is 0 Å². The lowest BCUT2D eigenvalue weighted by Crippen LogP contribution is -2.23. The zero-order valence-corrected chi connectivity index (χ0v) is 21.9. The number of ether oxygens (including phenoxy) is 1. The predicted octanol–water partition coefficient (Wildman–Crippen LogP) is 6.89. The Morgan fingerprint density at radius 2 is 1.68 bits per heavy atom. The van der Waals surface area contributed by atoms with Crippen LogP contribution in [0, 0.1) is 13.8 Å². The maximum Gasteiger partial charge on any atom is 0.251 e. The molecule has 6 heteroatoms. The first-order chi connectivity index (χ1) is 18.5. The van der Waals surface area contributed by atoms with Crippen LogP contribution in [-0.2, 0) is 6.54 Å². The van der Waals surface area contributed by atoms with Gasteiger partial charge in [0.2, 0.25) is 0 Å². The van der Waals surface area contributed by atoms with Gasteiger partial charge in [0.05, 0.1) is 35.4 Å². The summed E-state index contributed by atoms with van der Waals surface area (Å²) in [6, 6.07) is 28.2. The van der Waals surface area contributed by atoms with Gasteiger partial charge in [0, 0.05) is 23.6 Å². The van der Waals surface area contributed by atoms with Gasteiger partial charge in [0.25, 0.3) is 5.56 Å². The first-order valence-electron chi connectivity index (χ1n) is 12.7. The Labute approximate surface area is 220 Å². The van der Waals surface area contributed by atoms with Gasteiger partial charge in [-0.05, 0) is 61.7 Å². The van der Waals surface area contributed by atoms with Crippen molar-refractivity contribution in [3.63, 3.8) is 0 Å². The fourth-order valence-corrected chi connectivity index (χ4v) is 5.51. The van der Waals surface area contributed by atoms with Crippen LogP contribution in [-0.4, -0.2) is 21.4 Å². The van der Waals surface area contributed by atoms with Gasteiger partial charge in [-0.2, -0.15) is 0 Å². The summed E-state index contributed by atoms with van der Waals surface area (Å²) in [5.41, 5.74) is 8.10. The third-order valence-corrected chi connectivity index (χ3v) is 7.43. The predicted molar refractivity (Wildman–Crippen MR) is 151 cm³/mol. The molecule has 190 valence electrons. The smallest absolute Gasteiger partial charge is 0.251 e. The molecule has 0 fully saturated rings. The maximum atomic E-state index is 13.4. The zero-order valence-electron chi connectivity index (χ0n) is 21.9. The highest BCUT2D eigenvalue weighted by Crippen LogP contribution is 2.36. The van der Waals surface area contributed by atoms with Crippen LogP contribution in [0.1, 0.15) is 35.5 Å². The lowest BCUT2D eigenvalue weighted by molar-refractivity contribution is 0.393. The minimum absolute atomic E-state index is 0.0212. The number of methoxy groups -OCH3 is 1. The lowest BCUT2D eigenvalue weighted by atomic mass is 10.0. The molecule has 0 aliphatic carbocycles. The van der Waals surface area contributed by atoms with Crippen LogP contribution in [0.5, 0.6) is 5.75 Å². The Kier molecular flexibility index (Phi) is 5.87. The Morgan fingerprint density at radius 1 is 0.921 bits per heavy atom. The van der Waals surface area contributed by atoms with E-state index in [9.17, 15) is 4.79 Å². The fraction of sp³-hybridized carbons (Fsp3) is 0.188. The third kappa shape index (κ3) is 3.89. The summed E-state index contributed by atoms with van der Waals surface area (Å²) in [7, 11) is 1.67. The normalized spacial score (nSPS) is 12.3. The number of aromatic nitrogens is 3. The molecule has 6 nitrogen and oxygen atoms in total. The quantitative estimate of drug-likeness (QED) is 0.248. The van der Waals surface area contributed by atoms with E-state index in [1.807, 2.05) is 54.8 Å². The van der Waals surface area contributed by atoms with E-state index in [2.05, 4.69) is 59.1 Å². The summed E-state index contributed by atoms with van der Waals surface area (Å²) < 4.78 is 15.0. The van der Waals surface area contributed by atoms with Crippen molar-refractivity contribution in [2.45, 2.75) is 33.4 Å². The number of hydrogen-bond acceptors (Lipinski definition) is 4. The SMILES string of the molecule is COc1ccc(Cn2c3cc(-c4c(C)noc4C)ccc3c3c2ccc(=O)n3C(C)c2ccccc2)cc1. The van der Waals surface area contributed by atoms with Gasteiger partial charge < -0.3 is 13.8 Å². The number of nitrogens with zero attached hydrogens (tertiary/aromatic N) is 3. The van der Waals surface area contributed by atoms with Crippen LogP contribution in [0.4, 0.5) is 0 Å². The van der Waals surface area contributed by atoms with Crippen LogP contribution < -0.4 is 10.3 Å². The van der Waals surface area contributed by atoms with Crippen molar-refractivity contribution in [2.24, 2.45) is 0 Å². The maximum absolute atomic E-state index is 13.4. The number of rotatable bonds is 6. The van der Waals surface area contributed by atoms with Gasteiger partial charge in [-0.25, -0.2) is 0 Å². The topological polar surface area (TPSA) is 62.2 Å². The third-order valence-electron chi connectivity index (χ3n) is 7.43. The molecule has 0 aliphatic rings. The fourth-order valence-electron chi connectivity index (χ4n) is 5.51. The second-order valence-electron chi connectivity index (χ2n) is 9.73. The Bertz CT molecular complexity index is 1810. The van der Waals surface area contributed by atoms with Crippen molar-refractivity contribution in [3.8, 4) is 16.9 Å². The number of hydrogen-bond donors (Lipinski definition) is 0. The molecule has 38 heavy (non-hydrogen) atoms. The molecule has 0 amide bonds. The van der Waals surface area contributed by atoms with Crippen LogP contribution >= 0.6 is 0 Å². The Morgan fingerprint density at radius 3 is 2.37 bits per heavy atom. The van der Waals surface area contributed by atoms with E-state index in [1.165, 1.54) is 0 Å². The van der Waals surface area contributed by atoms with Crippen LogP contribution in [0.25, 0.3) is 33.1 Å². The minimum Gasteiger partial charge on any atom is -0.497 e. The monoisotopic (exact) mass is 503 g/mol. The van der Waals surface area contributed by atoms with Crippen molar-refractivity contribution >= 4 is 21.9 Å². The Balaban J connectivity index is 1.64. The molecule has 3 aromatic heterocycles. The second kappa shape index (κ2) is 9.38. The molecule has 1 unspecified atom stereocenters. The van der Waals surface area contributed by atoms with E-state index >= 15 is 0 Å². The van der Waals surface area contributed by atoms with Crippen LogP contribution in [0.2, 0.25) is 0 Å². The summed E-state index contributed by atoms with van der Waals surface area (Å²) in [4.78, 5) is 13.4. The summed E-state index contributed by atoms with van der Waals surface area (Å²) in [6.45, 7) is 6.63. The van der Waals surface area contributed by atoms with E-state index in [4.69, 9.17) is 9.26 Å². The zero-order chi connectivity index (χ0) is 26.4. The highest BCUT2D eigenvalue weighted by atomic mass is 16.5. The molecule has 0 N–H and O–H groups in total. The van der Waals surface area contributed by atoms with Crippen molar-refractivity contribution < 1.29 is 9.26 Å². The van der Waals surface area contributed by atoms with E-state index < -0.39 is 0 Å². The Hall–Kier alpha value is -4.58. The highest BCUT2D eigenvalue weighted by molar-refractivity contribution is 6.07. The molecular weight excluding hydrogens is 474 g/mol. The number of benzene rings is 3. The lowest BCUT2D eigenvalue weighted by Gasteiger charge is -2.17. The van der Waals surface area contributed by atoms with E-state index in [0.717, 1.165) is 61.4 Å². The van der Waals surface area contributed by atoms with Crippen molar-refractivity contribution in [2.75, 3.05) is 7.11 Å². The summed E-state index contributed by atoms with van der Waals surface area (Å²) in [6.07, 6.45) is 0. The average Bonchev–Trinajstić information content (AvgIpc) is 3.44. The van der Waals surface area contributed by atoms with Crippen molar-refractivity contribution in [1.82, 2.24) is 14.3 Å². The summed E-state index contributed by atoms with van der Waals surface area (Å²) in [5, 5.41) is 5.20. The molecule has 0 saturated heterocycles. The van der Waals surface area contributed by atoms with Gasteiger partial charge in [-0.15, -0.1) is 0 Å².